The van der Waals surface area contributed by atoms with Gasteiger partial charge in [-0.2, -0.15) is 4.37 Å². The fourth-order valence-corrected chi connectivity index (χ4v) is 6.32. The van der Waals surface area contributed by atoms with Crippen LogP contribution in [0.4, 0.5) is 15.6 Å². The molecule has 1 aromatic carbocycles. The highest BCUT2D eigenvalue weighted by Crippen LogP contribution is 2.47. The molecule has 1 spiro atoms. The van der Waals surface area contributed by atoms with Gasteiger partial charge in [0.25, 0.3) is 0 Å². The van der Waals surface area contributed by atoms with Crippen molar-refractivity contribution >= 4 is 28.4 Å². The molecule has 2 amide bonds. The number of anilines is 2. The monoisotopic (exact) mass is 440 g/mol. The Bertz CT molecular complexity index is 901. The Balaban J connectivity index is 1.25. The molecule has 0 N–H and O–H groups in total. The quantitative estimate of drug-likeness (QED) is 0.716. The molecule has 5 rings (SSSR count). The number of para-hydroxylation sites is 1. The number of hydrogen-bond acceptors (Lipinski definition) is 6. The van der Waals surface area contributed by atoms with Gasteiger partial charge in [-0.3, -0.25) is 4.90 Å². The van der Waals surface area contributed by atoms with Crippen molar-refractivity contribution < 1.29 is 4.79 Å². The summed E-state index contributed by atoms with van der Waals surface area (Å²) in [4.78, 5) is 25.9. The number of benzene rings is 1. The molecule has 4 heterocycles. The normalized spacial score (nSPS) is 21.9. The molecule has 0 unspecified atom stereocenters. The number of rotatable bonds is 2. The van der Waals surface area contributed by atoms with E-state index in [2.05, 4.69) is 43.4 Å². The van der Waals surface area contributed by atoms with Crippen LogP contribution >= 0.6 is 11.5 Å². The van der Waals surface area contributed by atoms with Crippen molar-refractivity contribution in [2.45, 2.75) is 43.6 Å². The van der Waals surface area contributed by atoms with E-state index < -0.39 is 0 Å². The van der Waals surface area contributed by atoms with E-state index >= 15 is 0 Å². The van der Waals surface area contributed by atoms with Crippen molar-refractivity contribution in [2.24, 2.45) is 0 Å². The molecule has 0 atom stereocenters. The minimum Gasteiger partial charge on any atom is -0.347 e. The number of carbonyl (C=O) groups is 1. The Morgan fingerprint density at radius 2 is 1.77 bits per heavy atom. The topological polar surface area (TPSA) is 55.8 Å². The lowest BCUT2D eigenvalue weighted by Gasteiger charge is -2.50. The van der Waals surface area contributed by atoms with Crippen molar-refractivity contribution in [3.63, 3.8) is 0 Å². The van der Waals surface area contributed by atoms with Gasteiger partial charge in [-0.25, -0.2) is 9.78 Å². The number of nitrogens with zero attached hydrogens (tertiary/aromatic N) is 6. The van der Waals surface area contributed by atoms with Crippen LogP contribution in [0.3, 0.4) is 0 Å². The maximum Gasteiger partial charge on any atom is 0.323 e. The zero-order chi connectivity index (χ0) is 21.4. The second-order valence-electron chi connectivity index (χ2n) is 9.35. The SMILES string of the molecule is CN(C)C(=O)N1CCC2(CCN(C3CCN(c4ncns4)CC3)CC2)c2ccccc21. The van der Waals surface area contributed by atoms with Crippen LogP contribution in [0, 0.1) is 0 Å². The standard InChI is InChI=1S/C23H32N6OS/c1-26(2)22(30)29-16-11-23(19-5-3-4-6-20(19)29)9-14-27(15-10-23)18-7-12-28(13-8-18)21-24-17-25-31-21/h3-6,17-18H,7-16H2,1-2H3. The molecule has 166 valence electrons. The second kappa shape index (κ2) is 8.39. The summed E-state index contributed by atoms with van der Waals surface area (Å²) >= 11 is 1.50. The zero-order valence-electron chi connectivity index (χ0n) is 18.5. The molecule has 8 heteroatoms. The van der Waals surface area contributed by atoms with E-state index in [1.165, 1.54) is 42.8 Å². The first-order valence-corrected chi connectivity index (χ1v) is 12.2. The van der Waals surface area contributed by atoms with Crippen molar-refractivity contribution in [3.05, 3.63) is 36.2 Å². The molecule has 31 heavy (non-hydrogen) atoms. The van der Waals surface area contributed by atoms with E-state index in [1.807, 2.05) is 19.0 Å². The average Bonchev–Trinajstić information content (AvgIpc) is 3.35. The smallest absolute Gasteiger partial charge is 0.323 e. The van der Waals surface area contributed by atoms with Gasteiger partial charge in [0, 0.05) is 62.4 Å². The Morgan fingerprint density at radius 3 is 2.45 bits per heavy atom. The summed E-state index contributed by atoms with van der Waals surface area (Å²) < 4.78 is 4.15. The molecule has 3 aliphatic rings. The van der Waals surface area contributed by atoms with Crippen LogP contribution in [-0.2, 0) is 5.41 Å². The summed E-state index contributed by atoms with van der Waals surface area (Å²) in [5.74, 6) is 0. The second-order valence-corrected chi connectivity index (χ2v) is 10.1. The Morgan fingerprint density at radius 1 is 1.06 bits per heavy atom. The van der Waals surface area contributed by atoms with E-state index in [1.54, 1.807) is 11.2 Å². The number of amides is 2. The minimum atomic E-state index is 0.0851. The van der Waals surface area contributed by atoms with Crippen LogP contribution in [0.25, 0.3) is 0 Å². The molecule has 2 saturated heterocycles. The van der Waals surface area contributed by atoms with E-state index in [-0.39, 0.29) is 11.4 Å². The molecule has 0 aliphatic carbocycles. The van der Waals surface area contributed by atoms with E-state index in [0.29, 0.717) is 6.04 Å². The molecule has 2 aromatic rings. The molecule has 2 fully saturated rings. The number of likely N-dealkylation sites (tertiary alicyclic amines) is 1. The molecular weight excluding hydrogens is 408 g/mol. The molecule has 0 saturated carbocycles. The number of urea groups is 1. The predicted octanol–water partition coefficient (Wildman–Crippen LogP) is 3.43. The molecule has 1 aromatic heterocycles. The van der Waals surface area contributed by atoms with Gasteiger partial charge in [-0.05, 0) is 56.8 Å². The van der Waals surface area contributed by atoms with Gasteiger partial charge in [0.15, 0.2) is 0 Å². The highest BCUT2D eigenvalue weighted by molar-refractivity contribution is 7.09. The maximum atomic E-state index is 12.7. The van der Waals surface area contributed by atoms with Gasteiger partial charge in [-0.1, -0.05) is 18.2 Å². The zero-order valence-corrected chi connectivity index (χ0v) is 19.4. The Labute approximate surface area is 188 Å². The number of carbonyl (C=O) groups excluding carboxylic acids is 1. The summed E-state index contributed by atoms with van der Waals surface area (Å²) in [6.45, 7) is 5.27. The fourth-order valence-electron chi connectivity index (χ4n) is 5.74. The van der Waals surface area contributed by atoms with Gasteiger partial charge in [0.05, 0.1) is 0 Å². The predicted molar refractivity (Wildman–Crippen MR) is 125 cm³/mol. The molecular formula is C23H32N6OS. The van der Waals surface area contributed by atoms with E-state index in [4.69, 9.17) is 0 Å². The minimum absolute atomic E-state index is 0.0851. The van der Waals surface area contributed by atoms with E-state index in [9.17, 15) is 4.79 Å². The van der Waals surface area contributed by atoms with Crippen molar-refractivity contribution in [2.75, 3.05) is 56.6 Å². The van der Waals surface area contributed by atoms with Crippen molar-refractivity contribution in [1.82, 2.24) is 19.2 Å². The first-order chi connectivity index (χ1) is 15.1. The Hall–Kier alpha value is -2.19. The van der Waals surface area contributed by atoms with Gasteiger partial charge in [0.1, 0.15) is 6.33 Å². The highest BCUT2D eigenvalue weighted by Gasteiger charge is 2.43. The third-order valence-electron chi connectivity index (χ3n) is 7.55. The largest absolute Gasteiger partial charge is 0.347 e. The van der Waals surface area contributed by atoms with Gasteiger partial charge < -0.3 is 14.7 Å². The van der Waals surface area contributed by atoms with Crippen LogP contribution in [0.15, 0.2) is 30.6 Å². The van der Waals surface area contributed by atoms with Crippen LogP contribution in [0.1, 0.15) is 37.7 Å². The summed E-state index contributed by atoms with van der Waals surface area (Å²) in [6, 6.07) is 9.36. The van der Waals surface area contributed by atoms with Crippen LogP contribution < -0.4 is 9.80 Å². The third-order valence-corrected chi connectivity index (χ3v) is 8.28. The molecule has 0 radical (unpaired) electrons. The lowest BCUT2D eigenvalue weighted by Crippen LogP contribution is -2.53. The number of aromatic nitrogens is 2. The lowest BCUT2D eigenvalue weighted by atomic mass is 9.67. The fraction of sp³-hybridized carbons (Fsp3) is 0.609. The van der Waals surface area contributed by atoms with Crippen LogP contribution in [0.2, 0.25) is 0 Å². The van der Waals surface area contributed by atoms with Crippen LogP contribution in [0.5, 0.6) is 0 Å². The molecule has 0 bridgehead atoms. The summed E-state index contributed by atoms with van der Waals surface area (Å²) in [5.41, 5.74) is 2.71. The van der Waals surface area contributed by atoms with Gasteiger partial charge >= 0.3 is 6.03 Å². The first-order valence-electron chi connectivity index (χ1n) is 11.4. The number of hydrogen-bond donors (Lipinski definition) is 0. The molecule has 3 aliphatic heterocycles. The van der Waals surface area contributed by atoms with Crippen molar-refractivity contribution in [1.29, 1.82) is 0 Å². The number of fused-ring (bicyclic) bond motifs is 2. The maximum absolute atomic E-state index is 12.7. The Kier molecular flexibility index (Phi) is 5.60. The first kappa shape index (κ1) is 20.7. The third kappa shape index (κ3) is 3.80. The summed E-state index contributed by atoms with van der Waals surface area (Å²) in [6.07, 6.45) is 7.50. The van der Waals surface area contributed by atoms with E-state index in [0.717, 1.165) is 50.0 Å². The van der Waals surface area contributed by atoms with Gasteiger partial charge in [0.2, 0.25) is 5.13 Å². The summed E-state index contributed by atoms with van der Waals surface area (Å²) in [5, 5.41) is 1.06. The van der Waals surface area contributed by atoms with Gasteiger partial charge in [-0.15, -0.1) is 0 Å². The van der Waals surface area contributed by atoms with Crippen molar-refractivity contribution in [3.8, 4) is 0 Å². The number of piperidine rings is 2. The summed E-state index contributed by atoms with van der Waals surface area (Å²) in [7, 11) is 3.67. The highest BCUT2D eigenvalue weighted by atomic mass is 32.1. The lowest BCUT2D eigenvalue weighted by molar-refractivity contribution is 0.0948. The molecule has 7 nitrogen and oxygen atoms in total. The van der Waals surface area contributed by atoms with Crippen LogP contribution in [-0.4, -0.2) is 78.0 Å². The average molecular weight is 441 g/mol.